The topological polar surface area (TPSA) is 45.6 Å². The molecule has 17 heavy (non-hydrogen) atoms. The molecule has 0 amide bonds. The van der Waals surface area contributed by atoms with E-state index in [0.29, 0.717) is 0 Å². The van der Waals surface area contributed by atoms with Gasteiger partial charge in [0.05, 0.1) is 18.8 Å². The molecule has 1 aromatic rings. The van der Waals surface area contributed by atoms with Crippen molar-refractivity contribution in [1.29, 1.82) is 0 Å². The summed E-state index contributed by atoms with van der Waals surface area (Å²) >= 11 is 3.37. The summed E-state index contributed by atoms with van der Waals surface area (Å²) in [5.41, 5.74) is 0.848. The molecule has 0 saturated carbocycles. The van der Waals surface area contributed by atoms with Gasteiger partial charge in [0.1, 0.15) is 5.82 Å². The predicted molar refractivity (Wildman–Crippen MR) is 70.1 cm³/mol. The first kappa shape index (κ1) is 12.8. The van der Waals surface area contributed by atoms with Gasteiger partial charge < -0.3 is 14.7 Å². The summed E-state index contributed by atoms with van der Waals surface area (Å²) in [7, 11) is 0. The van der Waals surface area contributed by atoms with Crippen LogP contribution in [0.3, 0.4) is 0 Å². The maximum absolute atomic E-state index is 9.39. The van der Waals surface area contributed by atoms with Gasteiger partial charge in [0.2, 0.25) is 0 Å². The molecule has 1 N–H and O–H groups in total. The van der Waals surface area contributed by atoms with Crippen molar-refractivity contribution in [3.8, 4) is 0 Å². The van der Waals surface area contributed by atoms with E-state index < -0.39 is 0 Å². The van der Waals surface area contributed by atoms with E-state index in [2.05, 4.69) is 39.7 Å². The van der Waals surface area contributed by atoms with Crippen molar-refractivity contribution in [2.75, 3.05) is 18.0 Å². The van der Waals surface area contributed by atoms with Crippen molar-refractivity contribution in [2.24, 2.45) is 0 Å². The number of ether oxygens (including phenoxy) is 1. The summed E-state index contributed by atoms with van der Waals surface area (Å²) < 4.78 is 6.58. The summed E-state index contributed by atoms with van der Waals surface area (Å²) in [6.45, 7) is 5.74. The Balaban J connectivity index is 2.26. The number of rotatable bonds is 2. The van der Waals surface area contributed by atoms with Gasteiger partial charge in [0.15, 0.2) is 0 Å². The highest BCUT2D eigenvalue weighted by Gasteiger charge is 2.24. The van der Waals surface area contributed by atoms with E-state index in [1.54, 1.807) is 6.20 Å². The van der Waals surface area contributed by atoms with E-state index in [1.165, 1.54) is 0 Å². The van der Waals surface area contributed by atoms with Gasteiger partial charge in [-0.2, -0.15) is 0 Å². The van der Waals surface area contributed by atoms with Crippen LogP contribution in [0.5, 0.6) is 0 Å². The Morgan fingerprint density at radius 3 is 2.71 bits per heavy atom. The normalized spacial score (nSPS) is 25.1. The summed E-state index contributed by atoms with van der Waals surface area (Å²) in [6, 6.07) is 1.91. The van der Waals surface area contributed by atoms with E-state index in [4.69, 9.17) is 4.74 Å². The summed E-state index contributed by atoms with van der Waals surface area (Å²) in [6.07, 6.45) is 2.14. The van der Waals surface area contributed by atoms with Gasteiger partial charge in [-0.15, -0.1) is 0 Å². The molecular weight excluding hydrogens is 284 g/mol. The molecule has 0 bridgehead atoms. The Morgan fingerprint density at radius 2 is 2.12 bits per heavy atom. The number of halogens is 1. The SMILES string of the molecule is C[C@@H]1CN(c2ncc(Br)cc2CO)C[C@H](C)O1. The number of aliphatic hydroxyl groups excluding tert-OH is 1. The van der Waals surface area contributed by atoms with Gasteiger partial charge in [-0.25, -0.2) is 4.98 Å². The third kappa shape index (κ3) is 2.97. The lowest BCUT2D eigenvalue weighted by Crippen LogP contribution is -2.46. The third-order valence-corrected chi connectivity index (χ3v) is 3.23. The lowest BCUT2D eigenvalue weighted by atomic mass is 10.2. The van der Waals surface area contributed by atoms with Crippen molar-refractivity contribution < 1.29 is 9.84 Å². The van der Waals surface area contributed by atoms with Crippen molar-refractivity contribution in [3.05, 3.63) is 22.3 Å². The number of morpholine rings is 1. The lowest BCUT2D eigenvalue weighted by molar-refractivity contribution is -0.00557. The minimum absolute atomic E-state index is 0.00188. The molecule has 1 fully saturated rings. The van der Waals surface area contributed by atoms with Gasteiger partial charge in [0.25, 0.3) is 0 Å². The number of anilines is 1. The van der Waals surface area contributed by atoms with Crippen LogP contribution in [0.4, 0.5) is 5.82 Å². The van der Waals surface area contributed by atoms with Crippen LogP contribution < -0.4 is 4.90 Å². The first-order chi connectivity index (χ1) is 8.10. The number of nitrogens with zero attached hydrogens (tertiary/aromatic N) is 2. The Bertz CT molecular complexity index is 390. The Morgan fingerprint density at radius 1 is 1.47 bits per heavy atom. The van der Waals surface area contributed by atoms with Crippen LogP contribution in [-0.4, -0.2) is 35.4 Å². The fourth-order valence-corrected chi connectivity index (χ4v) is 2.60. The van der Waals surface area contributed by atoms with E-state index in [1.807, 2.05) is 6.07 Å². The van der Waals surface area contributed by atoms with Crippen LogP contribution in [0.15, 0.2) is 16.7 Å². The maximum atomic E-state index is 9.39. The fraction of sp³-hybridized carbons (Fsp3) is 0.583. The molecule has 5 heteroatoms. The van der Waals surface area contributed by atoms with E-state index in [9.17, 15) is 5.11 Å². The van der Waals surface area contributed by atoms with Crippen LogP contribution >= 0.6 is 15.9 Å². The quantitative estimate of drug-likeness (QED) is 0.907. The molecule has 4 nitrogen and oxygen atoms in total. The van der Waals surface area contributed by atoms with E-state index in [-0.39, 0.29) is 18.8 Å². The van der Waals surface area contributed by atoms with Crippen LogP contribution in [-0.2, 0) is 11.3 Å². The number of pyridine rings is 1. The van der Waals surface area contributed by atoms with Crippen molar-refractivity contribution in [2.45, 2.75) is 32.7 Å². The third-order valence-electron chi connectivity index (χ3n) is 2.80. The Labute approximate surface area is 110 Å². The standard InChI is InChI=1S/C12H17BrN2O2/c1-8-5-15(6-9(2)17-8)12-10(7-16)3-11(13)4-14-12/h3-4,8-9,16H,5-7H2,1-2H3/t8-,9+. The molecule has 2 rings (SSSR count). The van der Waals surface area contributed by atoms with Gasteiger partial charge in [-0.1, -0.05) is 0 Å². The molecule has 1 saturated heterocycles. The fourth-order valence-electron chi connectivity index (χ4n) is 2.23. The number of hydrogen-bond acceptors (Lipinski definition) is 4. The minimum Gasteiger partial charge on any atom is -0.392 e. The van der Waals surface area contributed by atoms with Crippen LogP contribution in [0.2, 0.25) is 0 Å². The van der Waals surface area contributed by atoms with Gasteiger partial charge in [-0.05, 0) is 35.8 Å². The van der Waals surface area contributed by atoms with E-state index in [0.717, 1.165) is 28.9 Å². The Hall–Kier alpha value is -0.650. The summed E-state index contributed by atoms with van der Waals surface area (Å²) in [5.74, 6) is 0.859. The second-order valence-corrected chi connectivity index (χ2v) is 5.37. The largest absolute Gasteiger partial charge is 0.392 e. The second-order valence-electron chi connectivity index (χ2n) is 4.46. The molecule has 0 unspecified atom stereocenters. The molecule has 2 heterocycles. The molecule has 1 aliphatic heterocycles. The van der Waals surface area contributed by atoms with Crippen molar-refractivity contribution >= 4 is 21.7 Å². The molecule has 0 spiro atoms. The smallest absolute Gasteiger partial charge is 0.134 e. The van der Waals surface area contributed by atoms with Gasteiger partial charge >= 0.3 is 0 Å². The molecule has 1 aliphatic rings. The zero-order valence-corrected chi connectivity index (χ0v) is 11.6. The van der Waals surface area contributed by atoms with Gasteiger partial charge in [-0.3, -0.25) is 0 Å². The molecule has 0 aliphatic carbocycles. The zero-order valence-electron chi connectivity index (χ0n) is 10.1. The average molecular weight is 301 g/mol. The maximum Gasteiger partial charge on any atom is 0.134 e. The number of aliphatic hydroxyl groups is 1. The molecular formula is C12H17BrN2O2. The number of hydrogen-bond donors (Lipinski definition) is 1. The zero-order chi connectivity index (χ0) is 12.4. The molecule has 2 atom stereocenters. The van der Waals surface area contributed by atoms with Crippen molar-refractivity contribution in [1.82, 2.24) is 4.98 Å². The minimum atomic E-state index is 0.00188. The van der Waals surface area contributed by atoms with Crippen LogP contribution in [0.1, 0.15) is 19.4 Å². The first-order valence-corrected chi connectivity index (χ1v) is 6.55. The van der Waals surface area contributed by atoms with Crippen LogP contribution in [0, 0.1) is 0 Å². The molecule has 94 valence electrons. The van der Waals surface area contributed by atoms with Gasteiger partial charge in [0, 0.05) is 29.3 Å². The lowest BCUT2D eigenvalue weighted by Gasteiger charge is -2.36. The second kappa shape index (κ2) is 5.33. The predicted octanol–water partition coefficient (Wildman–Crippen LogP) is 1.95. The average Bonchev–Trinajstić information content (AvgIpc) is 2.27. The Kier molecular flexibility index (Phi) is 4.01. The van der Waals surface area contributed by atoms with Crippen molar-refractivity contribution in [3.63, 3.8) is 0 Å². The first-order valence-electron chi connectivity index (χ1n) is 5.76. The highest BCUT2D eigenvalue weighted by molar-refractivity contribution is 9.10. The summed E-state index contributed by atoms with van der Waals surface area (Å²) in [5, 5.41) is 9.39. The highest BCUT2D eigenvalue weighted by Crippen LogP contribution is 2.24. The summed E-state index contributed by atoms with van der Waals surface area (Å²) in [4.78, 5) is 6.58. The van der Waals surface area contributed by atoms with E-state index >= 15 is 0 Å². The monoisotopic (exact) mass is 300 g/mol. The molecule has 0 aromatic carbocycles. The highest BCUT2D eigenvalue weighted by atomic mass is 79.9. The molecule has 1 aromatic heterocycles. The van der Waals surface area contributed by atoms with Crippen LogP contribution in [0.25, 0.3) is 0 Å². The number of aromatic nitrogens is 1. The molecule has 0 radical (unpaired) electrons.